The molecule has 7 nitrogen and oxygen atoms in total. The number of carbonyl (C=O) groups excluding carboxylic acids is 2. The van der Waals surface area contributed by atoms with Gasteiger partial charge in [0.05, 0.1) is 10.7 Å². The van der Waals surface area contributed by atoms with E-state index in [0.29, 0.717) is 23.0 Å². The van der Waals surface area contributed by atoms with Crippen LogP contribution in [-0.4, -0.2) is 33.9 Å². The highest BCUT2D eigenvalue weighted by molar-refractivity contribution is 7.18. The smallest absolute Gasteiger partial charge is 0.348 e. The van der Waals surface area contributed by atoms with Crippen LogP contribution in [0.3, 0.4) is 0 Å². The number of hydrogen-bond donors (Lipinski definition) is 2. The number of carboxylic acid groups (broad SMARTS) is 1. The summed E-state index contributed by atoms with van der Waals surface area (Å²) in [5.41, 5.74) is 2.27. The first-order chi connectivity index (χ1) is 17.1. The van der Waals surface area contributed by atoms with E-state index in [1.165, 1.54) is 11.3 Å². The molecule has 2 amide bonds. The number of aryl methyl sites for hydroxylation is 1. The highest BCUT2D eigenvalue weighted by Crippen LogP contribution is 2.40. The summed E-state index contributed by atoms with van der Waals surface area (Å²) in [4.78, 5) is 44.9. The minimum atomic E-state index is -1.04. The van der Waals surface area contributed by atoms with Crippen molar-refractivity contribution in [3.05, 3.63) is 51.3 Å². The van der Waals surface area contributed by atoms with Gasteiger partial charge in [-0.3, -0.25) is 9.59 Å². The third kappa shape index (κ3) is 5.68. The number of anilines is 2. The Hall–Kier alpha value is -3.04. The van der Waals surface area contributed by atoms with E-state index in [1.54, 1.807) is 22.4 Å². The van der Waals surface area contributed by atoms with E-state index in [9.17, 15) is 19.5 Å². The maximum Gasteiger partial charge on any atom is 0.348 e. The third-order valence-corrected chi connectivity index (χ3v) is 8.50. The monoisotopic (exact) mass is 525 g/mol. The van der Waals surface area contributed by atoms with Gasteiger partial charge < -0.3 is 15.3 Å². The first-order valence-corrected chi connectivity index (χ1v) is 13.9. The molecule has 2 heterocycles. The lowest BCUT2D eigenvalue weighted by atomic mass is 9.82. The average molecular weight is 526 g/mol. The lowest BCUT2D eigenvalue weighted by molar-refractivity contribution is -0.123. The van der Waals surface area contributed by atoms with E-state index >= 15 is 0 Å². The molecule has 1 saturated carbocycles. The molecule has 4 rings (SSSR count). The normalized spacial score (nSPS) is 17.7. The Kier molecular flexibility index (Phi) is 7.90. The number of aromatic carboxylic acids is 1. The summed E-state index contributed by atoms with van der Waals surface area (Å²) in [7, 11) is 0. The van der Waals surface area contributed by atoms with Crippen molar-refractivity contribution in [3.8, 4) is 10.4 Å². The van der Waals surface area contributed by atoms with Crippen LogP contribution in [0, 0.1) is 18.8 Å². The molecular weight excluding hydrogens is 494 g/mol. The van der Waals surface area contributed by atoms with Gasteiger partial charge in [0.25, 0.3) is 5.91 Å². The van der Waals surface area contributed by atoms with E-state index in [0.717, 1.165) is 52.5 Å². The van der Waals surface area contributed by atoms with Crippen LogP contribution in [0.5, 0.6) is 0 Å². The predicted octanol–water partition coefficient (Wildman–Crippen LogP) is 6.70. The summed E-state index contributed by atoms with van der Waals surface area (Å²) in [6.07, 6.45) is 3.73. The molecule has 190 valence electrons. The van der Waals surface area contributed by atoms with E-state index in [2.05, 4.69) is 17.2 Å². The number of nitrogens with zero attached hydrogens (tertiary/aromatic N) is 2. The lowest BCUT2D eigenvalue weighted by Gasteiger charge is -2.33. The van der Waals surface area contributed by atoms with Crippen molar-refractivity contribution in [2.24, 2.45) is 11.8 Å². The molecule has 1 aromatic carbocycles. The van der Waals surface area contributed by atoms with Gasteiger partial charge in [-0.15, -0.1) is 22.7 Å². The van der Waals surface area contributed by atoms with E-state index < -0.39 is 5.97 Å². The maximum absolute atomic E-state index is 13.5. The van der Waals surface area contributed by atoms with Crippen LogP contribution in [0.1, 0.15) is 71.6 Å². The van der Waals surface area contributed by atoms with Gasteiger partial charge in [0.15, 0.2) is 0 Å². The predicted molar refractivity (Wildman–Crippen MR) is 145 cm³/mol. The number of hydrogen-bond acceptors (Lipinski definition) is 6. The average Bonchev–Trinajstić information content (AvgIpc) is 3.47. The fourth-order valence-corrected chi connectivity index (χ4v) is 6.18. The molecule has 0 spiro atoms. The highest BCUT2D eigenvalue weighted by Gasteiger charge is 2.33. The van der Waals surface area contributed by atoms with Gasteiger partial charge in [-0.05, 0) is 76.1 Å². The molecule has 3 aromatic rings. The van der Waals surface area contributed by atoms with Crippen molar-refractivity contribution in [1.29, 1.82) is 0 Å². The molecule has 9 heteroatoms. The standard InChI is InChI=1S/C27H31N3O4S2/c1-15(2)30(26(32)19-7-5-16(3)6-8-19)22-13-23(36-24(22)27(33)34)18-9-11-20(12-10-18)29-25(31)21-14-35-17(4)28-21/h9-16,19H,5-8H2,1-4H3,(H,29,31)(H,33,34)/t16-,19-. The summed E-state index contributed by atoms with van der Waals surface area (Å²) >= 11 is 2.58. The van der Waals surface area contributed by atoms with Gasteiger partial charge >= 0.3 is 5.97 Å². The van der Waals surface area contributed by atoms with Crippen molar-refractivity contribution in [2.75, 3.05) is 10.2 Å². The zero-order valence-corrected chi connectivity index (χ0v) is 22.5. The first kappa shape index (κ1) is 26.0. The molecule has 1 aliphatic carbocycles. The fourth-order valence-electron chi connectivity index (χ4n) is 4.59. The molecule has 0 aliphatic heterocycles. The van der Waals surface area contributed by atoms with Crippen LogP contribution < -0.4 is 10.2 Å². The number of thiazole rings is 1. The number of amides is 2. The molecule has 2 N–H and O–H groups in total. The van der Waals surface area contributed by atoms with Crippen molar-refractivity contribution < 1.29 is 19.5 Å². The van der Waals surface area contributed by atoms with Gasteiger partial charge in [0.2, 0.25) is 5.91 Å². The van der Waals surface area contributed by atoms with E-state index in [1.807, 2.05) is 39.0 Å². The summed E-state index contributed by atoms with van der Waals surface area (Å²) in [5, 5.41) is 15.3. The zero-order chi connectivity index (χ0) is 26.0. The number of benzene rings is 1. The number of carboxylic acids is 1. The lowest BCUT2D eigenvalue weighted by Crippen LogP contribution is -2.42. The molecule has 0 saturated heterocycles. The van der Waals surface area contributed by atoms with Crippen molar-refractivity contribution in [2.45, 2.75) is 59.4 Å². The molecule has 36 heavy (non-hydrogen) atoms. The van der Waals surface area contributed by atoms with Crippen molar-refractivity contribution in [1.82, 2.24) is 4.98 Å². The first-order valence-electron chi connectivity index (χ1n) is 12.2. The number of rotatable bonds is 7. The van der Waals surface area contributed by atoms with Crippen LogP contribution in [0.4, 0.5) is 11.4 Å². The van der Waals surface area contributed by atoms with E-state index in [-0.39, 0.29) is 28.7 Å². The summed E-state index contributed by atoms with van der Waals surface area (Å²) in [5.74, 6) is -0.749. The van der Waals surface area contributed by atoms with Crippen LogP contribution in [0.2, 0.25) is 0 Å². The molecule has 1 fully saturated rings. The Morgan fingerprint density at radius 1 is 1.11 bits per heavy atom. The molecule has 0 atom stereocenters. The maximum atomic E-state index is 13.5. The molecular formula is C27H31N3O4S2. The van der Waals surface area contributed by atoms with Crippen molar-refractivity contribution in [3.63, 3.8) is 0 Å². The second-order valence-electron chi connectivity index (χ2n) is 9.67. The van der Waals surface area contributed by atoms with Gasteiger partial charge in [-0.25, -0.2) is 9.78 Å². The second-order valence-corrected chi connectivity index (χ2v) is 11.8. The van der Waals surface area contributed by atoms with Crippen molar-refractivity contribution >= 4 is 51.8 Å². The number of thiophene rings is 1. The van der Waals surface area contributed by atoms with E-state index in [4.69, 9.17) is 0 Å². The molecule has 1 aliphatic rings. The van der Waals surface area contributed by atoms with Crippen LogP contribution >= 0.6 is 22.7 Å². The minimum absolute atomic E-state index is 0.0130. The zero-order valence-electron chi connectivity index (χ0n) is 20.9. The largest absolute Gasteiger partial charge is 0.477 e. The topological polar surface area (TPSA) is 99.6 Å². The van der Waals surface area contributed by atoms with Gasteiger partial charge in [-0.1, -0.05) is 19.1 Å². The van der Waals surface area contributed by atoms with Gasteiger partial charge in [0, 0.05) is 27.9 Å². The quantitative estimate of drug-likeness (QED) is 0.358. The third-order valence-electron chi connectivity index (χ3n) is 6.56. The Morgan fingerprint density at radius 3 is 2.33 bits per heavy atom. The fraction of sp³-hybridized carbons (Fsp3) is 0.407. The summed E-state index contributed by atoms with van der Waals surface area (Å²) in [6, 6.07) is 8.88. The van der Waals surface area contributed by atoms with Crippen LogP contribution in [-0.2, 0) is 4.79 Å². The number of carbonyl (C=O) groups is 3. The second kappa shape index (κ2) is 10.9. The number of nitrogens with one attached hydrogen (secondary N) is 1. The van der Waals surface area contributed by atoms with Crippen LogP contribution in [0.15, 0.2) is 35.7 Å². The van der Waals surface area contributed by atoms with Gasteiger partial charge in [0.1, 0.15) is 10.6 Å². The molecule has 2 aromatic heterocycles. The summed E-state index contributed by atoms with van der Waals surface area (Å²) < 4.78 is 0. The Bertz CT molecular complexity index is 1250. The Labute approximate surface area is 219 Å². The Balaban J connectivity index is 1.58. The number of aromatic nitrogens is 1. The minimum Gasteiger partial charge on any atom is -0.477 e. The Morgan fingerprint density at radius 2 is 1.78 bits per heavy atom. The molecule has 0 unspecified atom stereocenters. The van der Waals surface area contributed by atoms with Gasteiger partial charge in [-0.2, -0.15) is 0 Å². The summed E-state index contributed by atoms with van der Waals surface area (Å²) in [6.45, 7) is 7.91. The van der Waals surface area contributed by atoms with Crippen LogP contribution in [0.25, 0.3) is 10.4 Å². The SMILES string of the molecule is Cc1nc(C(=O)Nc2ccc(-c3cc(N(C(=O)[C@H]4CC[C@H](C)CC4)C(C)C)c(C(=O)O)s3)cc2)cs1. The highest BCUT2D eigenvalue weighted by atomic mass is 32.1. The molecule has 0 bridgehead atoms. The molecule has 0 radical (unpaired) electrons.